The molecule has 2 atom stereocenters. The predicted octanol–water partition coefficient (Wildman–Crippen LogP) is 4.33. The average molecular weight is 442 g/mol. The Morgan fingerprint density at radius 1 is 0.970 bits per heavy atom. The number of hydrogen-bond acceptors (Lipinski definition) is 5. The molecule has 0 N–H and O–H groups in total. The summed E-state index contributed by atoms with van der Waals surface area (Å²) in [7, 11) is 1.72. The standard InChI is InChI=1S/C28H31N3O2/c1-32-23-10-12-25-21(17-23)9-11-26-27(33-29-28(25)26)19-31-15-13-30(14-16-31)18-22-7-4-6-20-5-2-3-8-24(20)22/h2-8,10,12,17,26-27H,9,11,13-16,18-19H2,1H3/t26-,27-/m0/s1. The largest absolute Gasteiger partial charge is 0.497 e. The lowest BCUT2D eigenvalue weighted by Gasteiger charge is -2.36. The van der Waals surface area contributed by atoms with E-state index in [2.05, 4.69) is 69.6 Å². The van der Waals surface area contributed by atoms with Gasteiger partial charge in [0.2, 0.25) is 0 Å². The number of rotatable bonds is 5. The van der Waals surface area contributed by atoms with Crippen LogP contribution in [0.15, 0.2) is 65.8 Å². The predicted molar refractivity (Wildman–Crippen MR) is 132 cm³/mol. The van der Waals surface area contributed by atoms with E-state index in [0.717, 1.165) is 63.6 Å². The molecule has 5 nitrogen and oxygen atoms in total. The number of nitrogens with zero attached hydrogens (tertiary/aromatic N) is 3. The smallest absolute Gasteiger partial charge is 0.148 e. The lowest BCUT2D eigenvalue weighted by Crippen LogP contribution is -2.49. The molecule has 1 aliphatic carbocycles. The van der Waals surface area contributed by atoms with E-state index < -0.39 is 0 Å². The first-order valence-corrected chi connectivity index (χ1v) is 12.1. The van der Waals surface area contributed by atoms with E-state index in [1.54, 1.807) is 7.11 Å². The van der Waals surface area contributed by atoms with Crippen molar-refractivity contribution >= 4 is 16.5 Å². The van der Waals surface area contributed by atoms with Gasteiger partial charge in [0.1, 0.15) is 11.9 Å². The van der Waals surface area contributed by atoms with Crippen LogP contribution in [0.5, 0.6) is 5.75 Å². The SMILES string of the molecule is COc1ccc2c(c1)CC[C@@H]1C2=NO[C@H]1CN1CCN(Cc2cccc3ccccc23)CC1. The van der Waals surface area contributed by atoms with Gasteiger partial charge in [0, 0.05) is 50.7 Å². The van der Waals surface area contributed by atoms with Crippen molar-refractivity contribution in [2.45, 2.75) is 25.5 Å². The molecule has 1 fully saturated rings. The maximum atomic E-state index is 5.99. The minimum atomic E-state index is 0.167. The molecule has 0 saturated carbocycles. The van der Waals surface area contributed by atoms with Gasteiger partial charge in [-0.3, -0.25) is 9.80 Å². The van der Waals surface area contributed by atoms with Crippen LogP contribution in [-0.2, 0) is 17.8 Å². The lowest BCUT2D eigenvalue weighted by atomic mass is 9.79. The summed E-state index contributed by atoms with van der Waals surface area (Å²) < 4.78 is 5.40. The van der Waals surface area contributed by atoms with E-state index in [-0.39, 0.29) is 6.10 Å². The van der Waals surface area contributed by atoms with E-state index in [1.165, 1.54) is 27.5 Å². The summed E-state index contributed by atoms with van der Waals surface area (Å²) in [6.07, 6.45) is 2.33. The highest BCUT2D eigenvalue weighted by atomic mass is 16.6. The zero-order valence-corrected chi connectivity index (χ0v) is 19.2. The monoisotopic (exact) mass is 441 g/mol. The van der Waals surface area contributed by atoms with Crippen LogP contribution in [0.1, 0.15) is 23.1 Å². The third-order valence-corrected chi connectivity index (χ3v) is 7.58. The highest BCUT2D eigenvalue weighted by Gasteiger charge is 2.39. The Labute approximate surface area is 195 Å². The fraction of sp³-hybridized carbons (Fsp3) is 0.393. The topological polar surface area (TPSA) is 37.3 Å². The highest BCUT2D eigenvalue weighted by Crippen LogP contribution is 2.35. The van der Waals surface area contributed by atoms with Crippen LogP contribution in [0.25, 0.3) is 10.8 Å². The van der Waals surface area contributed by atoms with E-state index in [0.29, 0.717) is 5.92 Å². The molecular formula is C28H31N3O2. The summed E-state index contributed by atoms with van der Waals surface area (Å²) in [6, 6.07) is 21.7. The molecule has 0 radical (unpaired) electrons. The molecule has 3 aromatic rings. The summed E-state index contributed by atoms with van der Waals surface area (Å²) in [5, 5.41) is 7.25. The molecule has 0 bridgehead atoms. The van der Waals surface area contributed by atoms with Crippen molar-refractivity contribution in [3.63, 3.8) is 0 Å². The van der Waals surface area contributed by atoms with Crippen molar-refractivity contribution in [3.05, 3.63) is 77.4 Å². The van der Waals surface area contributed by atoms with Gasteiger partial charge in [-0.25, -0.2) is 0 Å². The van der Waals surface area contributed by atoms with Crippen molar-refractivity contribution in [1.29, 1.82) is 0 Å². The van der Waals surface area contributed by atoms with Gasteiger partial charge in [-0.2, -0.15) is 0 Å². The molecule has 0 unspecified atom stereocenters. The van der Waals surface area contributed by atoms with Crippen molar-refractivity contribution < 1.29 is 9.57 Å². The fourth-order valence-electron chi connectivity index (χ4n) is 5.69. The molecule has 5 heteroatoms. The van der Waals surface area contributed by atoms with Crippen LogP contribution in [-0.4, -0.2) is 61.4 Å². The number of methoxy groups -OCH3 is 1. The molecule has 33 heavy (non-hydrogen) atoms. The number of benzene rings is 3. The van der Waals surface area contributed by atoms with Crippen LogP contribution in [0.4, 0.5) is 0 Å². The second kappa shape index (κ2) is 8.81. The Hall–Kier alpha value is -2.89. The normalized spacial score (nSPS) is 23.0. The zero-order chi connectivity index (χ0) is 22.2. The number of oxime groups is 1. The third kappa shape index (κ3) is 4.00. The number of hydrogen-bond donors (Lipinski definition) is 0. The number of ether oxygens (including phenoxy) is 1. The second-order valence-electron chi connectivity index (χ2n) is 9.50. The molecule has 3 aromatic carbocycles. The molecule has 170 valence electrons. The molecule has 0 amide bonds. The minimum Gasteiger partial charge on any atom is -0.497 e. The molecule has 2 aliphatic heterocycles. The van der Waals surface area contributed by atoms with Crippen molar-refractivity contribution in [3.8, 4) is 5.75 Å². The third-order valence-electron chi connectivity index (χ3n) is 7.58. The van der Waals surface area contributed by atoms with Crippen LogP contribution >= 0.6 is 0 Å². The Kier molecular flexibility index (Phi) is 5.52. The summed E-state index contributed by atoms with van der Waals surface area (Å²) in [5.41, 5.74) is 5.14. The van der Waals surface area contributed by atoms with Gasteiger partial charge in [-0.15, -0.1) is 0 Å². The quantitative estimate of drug-likeness (QED) is 0.591. The summed E-state index contributed by atoms with van der Waals surface area (Å²) >= 11 is 0. The molecule has 0 spiro atoms. The van der Waals surface area contributed by atoms with E-state index in [1.807, 2.05) is 6.07 Å². The Morgan fingerprint density at radius 3 is 2.67 bits per heavy atom. The highest BCUT2D eigenvalue weighted by molar-refractivity contribution is 6.05. The number of piperazine rings is 1. The van der Waals surface area contributed by atoms with Crippen LogP contribution < -0.4 is 4.74 Å². The zero-order valence-electron chi connectivity index (χ0n) is 19.2. The van der Waals surface area contributed by atoms with Crippen LogP contribution in [0.3, 0.4) is 0 Å². The van der Waals surface area contributed by atoms with Crippen LogP contribution in [0, 0.1) is 5.92 Å². The molecule has 0 aromatic heterocycles. The van der Waals surface area contributed by atoms with Crippen molar-refractivity contribution in [2.75, 3.05) is 39.8 Å². The Balaban J connectivity index is 1.06. The van der Waals surface area contributed by atoms with Gasteiger partial charge in [0.15, 0.2) is 0 Å². The van der Waals surface area contributed by atoms with Gasteiger partial charge in [-0.05, 0) is 52.9 Å². The van der Waals surface area contributed by atoms with Crippen molar-refractivity contribution in [2.24, 2.45) is 11.1 Å². The first kappa shape index (κ1) is 20.7. The van der Waals surface area contributed by atoms with Gasteiger partial charge >= 0.3 is 0 Å². The maximum absolute atomic E-state index is 5.99. The molecule has 2 heterocycles. The number of aryl methyl sites for hydroxylation is 1. The van der Waals surface area contributed by atoms with Gasteiger partial charge in [0.25, 0.3) is 0 Å². The first-order valence-electron chi connectivity index (χ1n) is 12.1. The average Bonchev–Trinajstić information content (AvgIpc) is 3.28. The number of fused-ring (bicyclic) bond motifs is 4. The Morgan fingerprint density at radius 2 is 1.79 bits per heavy atom. The Bertz CT molecular complexity index is 1180. The summed E-state index contributed by atoms with van der Waals surface area (Å²) in [6.45, 7) is 6.34. The van der Waals surface area contributed by atoms with Gasteiger partial charge in [0.05, 0.1) is 12.8 Å². The second-order valence-corrected chi connectivity index (χ2v) is 9.50. The van der Waals surface area contributed by atoms with Gasteiger partial charge in [-0.1, -0.05) is 47.6 Å². The molecule has 6 rings (SSSR count). The van der Waals surface area contributed by atoms with Crippen molar-refractivity contribution in [1.82, 2.24) is 9.80 Å². The molecule has 1 saturated heterocycles. The fourth-order valence-corrected chi connectivity index (χ4v) is 5.69. The van der Waals surface area contributed by atoms with Crippen LogP contribution in [0.2, 0.25) is 0 Å². The van der Waals surface area contributed by atoms with E-state index >= 15 is 0 Å². The maximum Gasteiger partial charge on any atom is 0.148 e. The van der Waals surface area contributed by atoms with E-state index in [9.17, 15) is 0 Å². The molecular weight excluding hydrogens is 410 g/mol. The summed E-state index contributed by atoms with van der Waals surface area (Å²) in [4.78, 5) is 11.1. The summed E-state index contributed by atoms with van der Waals surface area (Å²) in [5.74, 6) is 1.32. The van der Waals surface area contributed by atoms with E-state index in [4.69, 9.17) is 9.57 Å². The molecule has 3 aliphatic rings. The first-order chi connectivity index (χ1) is 16.3. The van der Waals surface area contributed by atoms with Gasteiger partial charge < -0.3 is 9.57 Å². The minimum absolute atomic E-state index is 0.167. The lowest BCUT2D eigenvalue weighted by molar-refractivity contribution is 0.0152.